The largest absolute Gasteiger partial charge is 0.490 e. The molecule has 1 heterocycles. The Hall–Kier alpha value is -2.24. The minimum absolute atomic E-state index is 0.0777. The molecule has 2 rings (SSSR count). The van der Waals surface area contributed by atoms with E-state index in [9.17, 15) is 4.79 Å². The molecule has 0 radical (unpaired) electrons. The van der Waals surface area contributed by atoms with Crippen LogP contribution in [0.25, 0.3) is 0 Å². The summed E-state index contributed by atoms with van der Waals surface area (Å²) in [5.74, 6) is 1.31. The van der Waals surface area contributed by atoms with Gasteiger partial charge in [-0.05, 0) is 30.7 Å². The van der Waals surface area contributed by atoms with Gasteiger partial charge in [-0.2, -0.15) is 0 Å². The fraction of sp³-hybridized carbons (Fsp3) is 0.579. The molecular weight excluding hydrogens is 316 g/mol. The lowest BCUT2D eigenvalue weighted by molar-refractivity contribution is -0.132. The van der Waals surface area contributed by atoms with E-state index in [1.54, 1.807) is 31.5 Å². The SMILES string of the molecule is C=C/C=C(\C=C\NC)OCC1(CC2CCCCC2)N=C(N)N(C)C1=O. The van der Waals surface area contributed by atoms with Crippen molar-refractivity contribution in [3.8, 4) is 0 Å². The number of allylic oxidation sites excluding steroid dienone is 3. The predicted octanol–water partition coefficient (Wildman–Crippen LogP) is 2.30. The molecule has 0 spiro atoms. The summed E-state index contributed by atoms with van der Waals surface area (Å²) in [6.07, 6.45) is 13.7. The number of ether oxygens (including phenoxy) is 1. The van der Waals surface area contributed by atoms with E-state index in [-0.39, 0.29) is 18.5 Å². The van der Waals surface area contributed by atoms with E-state index in [1.165, 1.54) is 24.2 Å². The van der Waals surface area contributed by atoms with Crippen LogP contribution >= 0.6 is 0 Å². The van der Waals surface area contributed by atoms with Gasteiger partial charge in [0.1, 0.15) is 12.4 Å². The molecule has 3 N–H and O–H groups in total. The lowest BCUT2D eigenvalue weighted by Gasteiger charge is -2.31. The maximum atomic E-state index is 12.9. The molecule has 0 aromatic carbocycles. The summed E-state index contributed by atoms with van der Waals surface area (Å²) in [7, 11) is 3.48. The van der Waals surface area contributed by atoms with E-state index in [1.807, 2.05) is 7.05 Å². The number of nitrogens with zero attached hydrogens (tertiary/aromatic N) is 2. The number of hydrogen-bond donors (Lipinski definition) is 2. The Labute approximate surface area is 150 Å². The summed E-state index contributed by atoms with van der Waals surface area (Å²) in [6, 6.07) is 0. The van der Waals surface area contributed by atoms with E-state index in [0.29, 0.717) is 18.1 Å². The van der Waals surface area contributed by atoms with Crippen LogP contribution in [0.15, 0.2) is 41.8 Å². The van der Waals surface area contributed by atoms with Crippen LogP contribution < -0.4 is 11.1 Å². The van der Waals surface area contributed by atoms with Gasteiger partial charge in [0.2, 0.25) is 0 Å². The Morgan fingerprint density at radius 2 is 2.20 bits per heavy atom. The Balaban J connectivity index is 2.17. The van der Waals surface area contributed by atoms with Crippen molar-refractivity contribution in [3.63, 3.8) is 0 Å². The van der Waals surface area contributed by atoms with Crippen molar-refractivity contribution in [2.75, 3.05) is 20.7 Å². The minimum Gasteiger partial charge on any atom is -0.490 e. The third-order valence-electron chi connectivity index (χ3n) is 4.90. The zero-order chi connectivity index (χ0) is 18.3. The first-order valence-corrected chi connectivity index (χ1v) is 8.95. The number of amides is 1. The molecule has 1 fully saturated rings. The lowest BCUT2D eigenvalue weighted by Crippen LogP contribution is -2.46. The zero-order valence-electron chi connectivity index (χ0n) is 15.3. The maximum Gasteiger partial charge on any atom is 0.260 e. The number of hydrogen-bond acceptors (Lipinski definition) is 5. The standard InChI is InChI=1S/C19H30N4O2/c1-4-8-16(11-12-21-2)25-14-19(13-15-9-6-5-7-10-15)17(24)23(3)18(20)22-19/h4,8,11-12,15,21H,1,5-7,9-10,13-14H2,2-3H3,(H2,20,22)/b12-11+,16-8+. The highest BCUT2D eigenvalue weighted by atomic mass is 16.5. The topological polar surface area (TPSA) is 80.0 Å². The molecule has 0 bridgehead atoms. The van der Waals surface area contributed by atoms with Crippen LogP contribution in [-0.4, -0.2) is 43.0 Å². The molecule has 6 heteroatoms. The molecule has 1 saturated carbocycles. The molecule has 0 saturated heterocycles. The second-order valence-corrected chi connectivity index (χ2v) is 6.79. The van der Waals surface area contributed by atoms with Crippen LogP contribution in [0.3, 0.4) is 0 Å². The van der Waals surface area contributed by atoms with Crippen LogP contribution in [-0.2, 0) is 9.53 Å². The number of carbonyl (C=O) groups excluding carboxylic acids is 1. The third-order valence-corrected chi connectivity index (χ3v) is 4.90. The third kappa shape index (κ3) is 4.65. The zero-order valence-corrected chi connectivity index (χ0v) is 15.3. The van der Waals surface area contributed by atoms with Gasteiger partial charge in [0, 0.05) is 14.1 Å². The van der Waals surface area contributed by atoms with Gasteiger partial charge < -0.3 is 15.8 Å². The Morgan fingerprint density at radius 1 is 1.48 bits per heavy atom. The Bertz CT molecular complexity index is 576. The van der Waals surface area contributed by atoms with E-state index in [2.05, 4.69) is 16.9 Å². The highest BCUT2D eigenvalue weighted by Gasteiger charge is 2.48. The summed E-state index contributed by atoms with van der Waals surface area (Å²) in [5, 5.41) is 2.92. The monoisotopic (exact) mass is 346 g/mol. The first-order valence-electron chi connectivity index (χ1n) is 8.95. The number of guanidine groups is 1. The fourth-order valence-electron chi connectivity index (χ4n) is 3.55. The quantitative estimate of drug-likeness (QED) is 0.522. The normalized spacial score (nSPS) is 25.4. The molecule has 25 heavy (non-hydrogen) atoms. The molecule has 1 aliphatic heterocycles. The minimum atomic E-state index is -0.922. The summed E-state index contributed by atoms with van der Waals surface area (Å²) in [4.78, 5) is 18.9. The summed E-state index contributed by atoms with van der Waals surface area (Å²) < 4.78 is 5.93. The summed E-state index contributed by atoms with van der Waals surface area (Å²) in [5.41, 5.74) is 5.02. The van der Waals surface area contributed by atoms with E-state index >= 15 is 0 Å². The van der Waals surface area contributed by atoms with Crippen molar-refractivity contribution in [2.45, 2.75) is 44.1 Å². The van der Waals surface area contributed by atoms with Gasteiger partial charge >= 0.3 is 0 Å². The van der Waals surface area contributed by atoms with Crippen molar-refractivity contribution in [1.29, 1.82) is 0 Å². The summed E-state index contributed by atoms with van der Waals surface area (Å²) >= 11 is 0. The van der Waals surface area contributed by atoms with Gasteiger partial charge in [0.25, 0.3) is 5.91 Å². The van der Waals surface area contributed by atoms with Crippen LogP contribution in [0, 0.1) is 5.92 Å². The highest BCUT2D eigenvalue weighted by Crippen LogP contribution is 2.36. The van der Waals surface area contributed by atoms with Gasteiger partial charge in [-0.3, -0.25) is 9.69 Å². The molecule has 1 atom stereocenters. The van der Waals surface area contributed by atoms with Crippen molar-refractivity contribution in [3.05, 3.63) is 36.8 Å². The molecule has 6 nitrogen and oxygen atoms in total. The predicted molar refractivity (Wildman–Crippen MR) is 101 cm³/mol. The second-order valence-electron chi connectivity index (χ2n) is 6.79. The number of rotatable bonds is 8. The molecule has 1 unspecified atom stereocenters. The molecular formula is C19H30N4O2. The van der Waals surface area contributed by atoms with Crippen molar-refractivity contribution in [2.24, 2.45) is 16.6 Å². The van der Waals surface area contributed by atoms with Gasteiger partial charge in [0.05, 0.1) is 0 Å². The second kappa shape index (κ2) is 8.74. The summed E-state index contributed by atoms with van der Waals surface area (Å²) in [6.45, 7) is 3.89. The van der Waals surface area contributed by atoms with Gasteiger partial charge in [-0.25, -0.2) is 4.99 Å². The first kappa shape index (κ1) is 19.1. The number of aliphatic imine (C=N–C) groups is 1. The van der Waals surface area contributed by atoms with Crippen LogP contribution in [0.2, 0.25) is 0 Å². The Kier molecular flexibility index (Phi) is 6.67. The number of nitrogens with two attached hydrogens (primary N) is 1. The van der Waals surface area contributed by atoms with Crippen molar-refractivity contribution >= 4 is 11.9 Å². The van der Waals surface area contributed by atoms with E-state index in [0.717, 1.165) is 12.8 Å². The first-order chi connectivity index (χ1) is 12.0. The van der Waals surface area contributed by atoms with E-state index < -0.39 is 5.54 Å². The highest BCUT2D eigenvalue weighted by molar-refractivity contribution is 6.06. The lowest BCUT2D eigenvalue weighted by atomic mass is 9.79. The van der Waals surface area contributed by atoms with Gasteiger partial charge in [-0.1, -0.05) is 44.8 Å². The number of carbonyl (C=O) groups is 1. The molecule has 0 aromatic rings. The molecule has 2 aliphatic rings. The average Bonchev–Trinajstić information content (AvgIpc) is 2.82. The van der Waals surface area contributed by atoms with Crippen LogP contribution in [0.4, 0.5) is 0 Å². The van der Waals surface area contributed by atoms with Crippen molar-refractivity contribution < 1.29 is 9.53 Å². The maximum absolute atomic E-state index is 12.9. The van der Waals surface area contributed by atoms with Gasteiger partial charge in [-0.15, -0.1) is 0 Å². The van der Waals surface area contributed by atoms with Crippen LogP contribution in [0.1, 0.15) is 38.5 Å². The molecule has 1 aliphatic carbocycles. The smallest absolute Gasteiger partial charge is 0.260 e. The fourth-order valence-corrected chi connectivity index (χ4v) is 3.55. The molecule has 0 aromatic heterocycles. The number of nitrogens with one attached hydrogen (secondary N) is 1. The number of likely N-dealkylation sites (N-methyl/N-ethyl adjacent to an activating group) is 1. The van der Waals surface area contributed by atoms with E-state index in [4.69, 9.17) is 10.5 Å². The Morgan fingerprint density at radius 3 is 2.76 bits per heavy atom. The van der Waals surface area contributed by atoms with Gasteiger partial charge in [0.15, 0.2) is 11.5 Å². The average molecular weight is 346 g/mol. The van der Waals surface area contributed by atoms with Crippen molar-refractivity contribution in [1.82, 2.24) is 10.2 Å². The molecule has 138 valence electrons. The molecule has 1 amide bonds. The van der Waals surface area contributed by atoms with Crippen LogP contribution in [0.5, 0.6) is 0 Å².